The second kappa shape index (κ2) is 10.7. The van der Waals surface area contributed by atoms with Gasteiger partial charge in [0.15, 0.2) is 0 Å². The second-order valence-electron chi connectivity index (χ2n) is 14.8. The van der Waals surface area contributed by atoms with Crippen LogP contribution in [-0.2, 0) is 5.41 Å². The number of hydrogen-bond donors (Lipinski definition) is 0. The Hall–Kier alpha value is -6.07. The van der Waals surface area contributed by atoms with Crippen molar-refractivity contribution in [2.45, 2.75) is 40.0 Å². The van der Waals surface area contributed by atoms with Crippen molar-refractivity contribution in [3.8, 4) is 0 Å². The first-order valence-corrected chi connectivity index (χ1v) is 17.8. The summed E-state index contributed by atoms with van der Waals surface area (Å²) in [5.74, 6) is 0. The van der Waals surface area contributed by atoms with Crippen molar-refractivity contribution in [1.82, 2.24) is 9.38 Å². The minimum absolute atomic E-state index is 0.185. The summed E-state index contributed by atoms with van der Waals surface area (Å²) in [7, 11) is 0. The maximum atomic E-state index is 4.86. The number of pyridine rings is 1. The summed E-state index contributed by atoms with van der Waals surface area (Å²) in [6, 6.07) is 45.0. The SMILES string of the molecule is Cc1cc(C)c(N2CN(c3ccc4c(c3)N(c3ccc5c6ccccc6n6ccnc6c5c3)c3ccccc3C4(C)C)c3ccccc32)c(C)c1. The number of anilines is 7. The van der Waals surface area contributed by atoms with Crippen molar-refractivity contribution in [1.29, 1.82) is 0 Å². The van der Waals surface area contributed by atoms with Crippen molar-refractivity contribution >= 4 is 67.1 Å². The molecule has 0 bridgehead atoms. The van der Waals surface area contributed by atoms with Gasteiger partial charge in [-0.15, -0.1) is 0 Å². The fourth-order valence-corrected chi connectivity index (χ4v) is 9.08. The van der Waals surface area contributed by atoms with E-state index in [0.29, 0.717) is 0 Å². The van der Waals surface area contributed by atoms with E-state index in [2.05, 4.69) is 181 Å². The van der Waals surface area contributed by atoms with Crippen LogP contribution in [0.3, 0.4) is 0 Å². The molecule has 8 aromatic rings. The second-order valence-corrected chi connectivity index (χ2v) is 14.8. The van der Waals surface area contributed by atoms with Crippen LogP contribution in [0.15, 0.2) is 134 Å². The number of aryl methyl sites for hydroxylation is 3. The summed E-state index contributed by atoms with van der Waals surface area (Å²) in [4.78, 5) is 12.3. The lowest BCUT2D eigenvalue weighted by Gasteiger charge is -2.42. The standard InChI is InChI=1S/C46H39N5/c1-29-24-30(2)44(31(3)25-29)50-28-49(41-16-10-11-17-42(41)50)32-19-21-38-43(27-32)51(40-15-9-7-13-37(40)46(38,4)5)33-18-20-34-35-12-6-8-14-39(35)48-23-22-47-45(48)36(34)26-33/h6-27H,28H2,1-5H3. The molecule has 5 nitrogen and oxygen atoms in total. The Balaban J connectivity index is 1.17. The molecule has 2 aliphatic heterocycles. The van der Waals surface area contributed by atoms with Crippen LogP contribution >= 0.6 is 0 Å². The molecule has 0 saturated carbocycles. The van der Waals surface area contributed by atoms with E-state index in [9.17, 15) is 0 Å². The molecule has 0 aliphatic carbocycles. The Morgan fingerprint density at radius 2 is 1.24 bits per heavy atom. The third-order valence-electron chi connectivity index (χ3n) is 11.3. The molecule has 0 atom stereocenters. The van der Waals surface area contributed by atoms with E-state index >= 15 is 0 Å². The largest absolute Gasteiger partial charge is 0.321 e. The lowest BCUT2D eigenvalue weighted by atomic mass is 9.73. The molecule has 2 aromatic heterocycles. The van der Waals surface area contributed by atoms with Gasteiger partial charge in [0.05, 0.1) is 28.3 Å². The van der Waals surface area contributed by atoms with Crippen LogP contribution in [0.25, 0.3) is 27.3 Å². The molecule has 0 saturated heterocycles. The molecule has 0 N–H and O–H groups in total. The molecular weight excluding hydrogens is 623 g/mol. The highest BCUT2D eigenvalue weighted by Crippen LogP contribution is 2.54. The van der Waals surface area contributed by atoms with E-state index in [1.165, 1.54) is 78.2 Å². The van der Waals surface area contributed by atoms with E-state index in [1.807, 2.05) is 6.20 Å². The van der Waals surface area contributed by atoms with Gasteiger partial charge in [-0.1, -0.05) is 92.2 Å². The summed E-state index contributed by atoms with van der Waals surface area (Å²) in [5, 5.41) is 3.58. The van der Waals surface area contributed by atoms with Gasteiger partial charge in [-0.2, -0.15) is 0 Å². The molecule has 248 valence electrons. The van der Waals surface area contributed by atoms with Gasteiger partial charge in [0.2, 0.25) is 0 Å². The fraction of sp³-hybridized carbons (Fsp3) is 0.152. The molecule has 6 aromatic carbocycles. The quantitative estimate of drug-likeness (QED) is 0.176. The van der Waals surface area contributed by atoms with Crippen LogP contribution in [0.5, 0.6) is 0 Å². The Kier molecular flexibility index (Phi) is 6.26. The number of nitrogens with zero attached hydrogens (tertiary/aromatic N) is 5. The number of imidazole rings is 1. The molecule has 10 rings (SSSR count). The van der Waals surface area contributed by atoms with Gasteiger partial charge in [0.25, 0.3) is 0 Å². The number of hydrogen-bond acceptors (Lipinski definition) is 4. The maximum absolute atomic E-state index is 4.86. The summed E-state index contributed by atoms with van der Waals surface area (Å²) < 4.78 is 2.22. The first-order chi connectivity index (χ1) is 24.8. The summed E-state index contributed by atoms with van der Waals surface area (Å²) >= 11 is 0. The Bertz CT molecular complexity index is 2700. The maximum Gasteiger partial charge on any atom is 0.145 e. The predicted molar refractivity (Wildman–Crippen MR) is 213 cm³/mol. The van der Waals surface area contributed by atoms with Gasteiger partial charge < -0.3 is 14.7 Å². The van der Waals surface area contributed by atoms with Gasteiger partial charge in [-0.25, -0.2) is 4.98 Å². The van der Waals surface area contributed by atoms with Crippen molar-refractivity contribution in [2.75, 3.05) is 21.4 Å². The van der Waals surface area contributed by atoms with Crippen molar-refractivity contribution in [2.24, 2.45) is 0 Å². The third-order valence-corrected chi connectivity index (χ3v) is 11.3. The number of rotatable bonds is 3. The van der Waals surface area contributed by atoms with Gasteiger partial charge in [0.1, 0.15) is 12.3 Å². The predicted octanol–water partition coefficient (Wildman–Crippen LogP) is 11.9. The van der Waals surface area contributed by atoms with E-state index in [1.54, 1.807) is 0 Å². The van der Waals surface area contributed by atoms with E-state index in [-0.39, 0.29) is 5.41 Å². The monoisotopic (exact) mass is 661 g/mol. The van der Waals surface area contributed by atoms with Crippen LogP contribution in [-0.4, -0.2) is 16.1 Å². The molecule has 4 heterocycles. The van der Waals surface area contributed by atoms with Crippen LogP contribution in [0, 0.1) is 20.8 Å². The van der Waals surface area contributed by atoms with Crippen LogP contribution in [0.4, 0.5) is 39.8 Å². The minimum Gasteiger partial charge on any atom is -0.321 e. The molecule has 0 amide bonds. The van der Waals surface area contributed by atoms with Crippen molar-refractivity contribution in [3.63, 3.8) is 0 Å². The highest BCUT2D eigenvalue weighted by molar-refractivity contribution is 6.13. The zero-order valence-corrected chi connectivity index (χ0v) is 29.6. The molecule has 2 aliphatic rings. The summed E-state index contributed by atoms with van der Waals surface area (Å²) in [6.45, 7) is 12.1. The topological polar surface area (TPSA) is 27.0 Å². The molecular formula is C46H39N5. The number of para-hydroxylation sites is 4. The summed E-state index contributed by atoms with van der Waals surface area (Å²) in [5.41, 5.74) is 16.9. The zero-order chi connectivity index (χ0) is 34.6. The van der Waals surface area contributed by atoms with E-state index in [4.69, 9.17) is 4.98 Å². The first-order valence-electron chi connectivity index (χ1n) is 17.8. The molecule has 0 radical (unpaired) electrons. The molecule has 0 spiro atoms. The molecule has 51 heavy (non-hydrogen) atoms. The van der Waals surface area contributed by atoms with E-state index in [0.717, 1.165) is 23.4 Å². The van der Waals surface area contributed by atoms with Crippen LogP contribution in [0.1, 0.15) is 41.7 Å². The average Bonchev–Trinajstić information content (AvgIpc) is 3.78. The highest BCUT2D eigenvalue weighted by atomic mass is 15.4. The van der Waals surface area contributed by atoms with Crippen molar-refractivity contribution < 1.29 is 0 Å². The highest BCUT2D eigenvalue weighted by Gasteiger charge is 2.38. The zero-order valence-electron chi connectivity index (χ0n) is 29.6. The van der Waals surface area contributed by atoms with Gasteiger partial charge in [-0.3, -0.25) is 4.40 Å². The van der Waals surface area contributed by atoms with Crippen LogP contribution in [0.2, 0.25) is 0 Å². The Morgan fingerprint density at radius 3 is 2.04 bits per heavy atom. The molecule has 0 unspecified atom stereocenters. The van der Waals surface area contributed by atoms with E-state index < -0.39 is 0 Å². The van der Waals surface area contributed by atoms with Crippen LogP contribution < -0.4 is 14.7 Å². The Morgan fingerprint density at radius 1 is 0.569 bits per heavy atom. The first kappa shape index (κ1) is 29.8. The third kappa shape index (κ3) is 4.24. The summed E-state index contributed by atoms with van der Waals surface area (Å²) in [6.07, 6.45) is 3.98. The lowest BCUT2D eigenvalue weighted by molar-refractivity contribution is 0.632. The lowest BCUT2D eigenvalue weighted by Crippen LogP contribution is -2.31. The number of fused-ring (bicyclic) bond motifs is 9. The molecule has 0 fully saturated rings. The number of aromatic nitrogens is 2. The van der Waals surface area contributed by atoms with Gasteiger partial charge in [-0.05, 0) is 96.9 Å². The average molecular weight is 662 g/mol. The fourth-order valence-electron chi connectivity index (χ4n) is 9.08. The Labute approximate surface area is 298 Å². The van der Waals surface area contributed by atoms with Gasteiger partial charge >= 0.3 is 0 Å². The minimum atomic E-state index is -0.185. The number of benzene rings is 6. The molecule has 5 heteroatoms. The van der Waals surface area contributed by atoms with Crippen molar-refractivity contribution in [3.05, 3.63) is 162 Å². The smallest absolute Gasteiger partial charge is 0.145 e. The van der Waals surface area contributed by atoms with Gasteiger partial charge in [0, 0.05) is 45.6 Å². The normalized spacial score (nSPS) is 14.7.